The number of sulfonamides is 1. The number of hydrogen-bond donors (Lipinski definition) is 2. The van der Waals surface area contributed by atoms with Crippen LogP contribution >= 0.6 is 0 Å². The van der Waals surface area contributed by atoms with Crippen molar-refractivity contribution in [1.82, 2.24) is 14.6 Å². The molecule has 1 aromatic heterocycles. The topological polar surface area (TPSA) is 103 Å². The number of pyridine rings is 1. The molecule has 0 radical (unpaired) electrons. The predicted octanol–water partition coefficient (Wildman–Crippen LogP) is 4.29. The molecule has 0 fully saturated rings. The van der Waals surface area contributed by atoms with Crippen molar-refractivity contribution in [3.05, 3.63) is 70.0 Å². The number of aryl methyl sites for hydroxylation is 1. The van der Waals surface area contributed by atoms with E-state index in [0.29, 0.717) is 30.5 Å². The second-order valence-electron chi connectivity index (χ2n) is 9.13. The van der Waals surface area contributed by atoms with Gasteiger partial charge in [-0.05, 0) is 62.6 Å². The van der Waals surface area contributed by atoms with Gasteiger partial charge in [0.1, 0.15) is 0 Å². The SMILES string of the molecule is CCCCN(CC)S(=O)(=O)c1ccc2[nH]c(=O)cc(C(=O)NCCCN(CC)c3cccc(C)c3)c2c1. The van der Waals surface area contributed by atoms with E-state index in [4.69, 9.17) is 0 Å². The summed E-state index contributed by atoms with van der Waals surface area (Å²) in [4.78, 5) is 30.4. The van der Waals surface area contributed by atoms with Gasteiger partial charge in [-0.1, -0.05) is 32.4 Å². The summed E-state index contributed by atoms with van der Waals surface area (Å²) in [6.45, 7) is 10.8. The molecule has 37 heavy (non-hydrogen) atoms. The number of fused-ring (bicyclic) bond motifs is 1. The maximum Gasteiger partial charge on any atom is 0.252 e. The van der Waals surface area contributed by atoms with Crippen LogP contribution in [0, 0.1) is 6.92 Å². The Kier molecular flexibility index (Phi) is 9.88. The molecule has 1 amide bonds. The lowest BCUT2D eigenvalue weighted by Crippen LogP contribution is -2.32. The maximum absolute atomic E-state index is 13.3. The van der Waals surface area contributed by atoms with E-state index in [-0.39, 0.29) is 10.5 Å². The number of benzene rings is 2. The van der Waals surface area contributed by atoms with Crippen molar-refractivity contribution in [2.24, 2.45) is 0 Å². The highest BCUT2D eigenvalue weighted by molar-refractivity contribution is 7.89. The molecule has 0 spiro atoms. The highest BCUT2D eigenvalue weighted by atomic mass is 32.2. The van der Waals surface area contributed by atoms with Crippen LogP contribution in [0.1, 0.15) is 56.0 Å². The molecule has 200 valence electrons. The summed E-state index contributed by atoms with van der Waals surface area (Å²) in [7, 11) is -3.73. The van der Waals surface area contributed by atoms with Crippen molar-refractivity contribution in [3.8, 4) is 0 Å². The zero-order valence-electron chi connectivity index (χ0n) is 22.2. The molecule has 2 N–H and O–H groups in total. The fraction of sp³-hybridized carbons (Fsp3) is 0.429. The molecular weight excluding hydrogens is 488 g/mol. The molecule has 2 aromatic carbocycles. The number of rotatable bonds is 13. The third-order valence-electron chi connectivity index (χ3n) is 6.45. The van der Waals surface area contributed by atoms with Crippen LogP contribution in [0.3, 0.4) is 0 Å². The lowest BCUT2D eigenvalue weighted by Gasteiger charge is -2.23. The van der Waals surface area contributed by atoms with Crippen LogP contribution in [0.4, 0.5) is 5.69 Å². The van der Waals surface area contributed by atoms with E-state index in [1.165, 1.54) is 28.1 Å². The van der Waals surface area contributed by atoms with Gasteiger partial charge in [0.2, 0.25) is 15.6 Å². The van der Waals surface area contributed by atoms with E-state index in [2.05, 4.69) is 47.2 Å². The number of nitrogens with one attached hydrogen (secondary N) is 2. The van der Waals surface area contributed by atoms with E-state index >= 15 is 0 Å². The predicted molar refractivity (Wildman–Crippen MR) is 150 cm³/mol. The number of H-pyrrole nitrogens is 1. The number of anilines is 1. The standard InChI is InChI=1S/C28H38N4O4S/c1-5-8-17-32(7-3)37(35,36)23-13-14-26-24(19-23)25(20-27(33)30-26)28(34)29-15-10-16-31(6-2)22-12-9-11-21(4)18-22/h9,11-14,18-20H,5-8,10,15-17H2,1-4H3,(H,29,34)(H,30,33). The molecule has 3 aromatic rings. The van der Waals surface area contributed by atoms with E-state index < -0.39 is 21.5 Å². The molecule has 0 aliphatic carbocycles. The fourth-order valence-corrected chi connectivity index (χ4v) is 5.89. The summed E-state index contributed by atoms with van der Waals surface area (Å²) in [5.41, 5.74) is 2.51. The number of unbranched alkanes of at least 4 members (excludes halogenated alkanes) is 1. The fourth-order valence-electron chi connectivity index (χ4n) is 4.37. The smallest absolute Gasteiger partial charge is 0.252 e. The summed E-state index contributed by atoms with van der Waals surface area (Å²) in [5.74, 6) is -0.400. The summed E-state index contributed by atoms with van der Waals surface area (Å²) in [6, 6.07) is 14.1. The van der Waals surface area contributed by atoms with E-state index in [1.807, 2.05) is 19.9 Å². The van der Waals surface area contributed by atoms with Crippen molar-refractivity contribution in [2.45, 2.75) is 51.9 Å². The number of hydrogen-bond acceptors (Lipinski definition) is 5. The Hall–Kier alpha value is -3.17. The number of amides is 1. The molecule has 0 unspecified atom stereocenters. The first-order valence-electron chi connectivity index (χ1n) is 13.0. The molecule has 0 bridgehead atoms. The van der Waals surface area contributed by atoms with Gasteiger partial charge in [-0.15, -0.1) is 0 Å². The average Bonchev–Trinajstić information content (AvgIpc) is 2.88. The summed E-state index contributed by atoms with van der Waals surface area (Å²) in [5, 5.41) is 3.30. The Balaban J connectivity index is 1.78. The Morgan fingerprint density at radius 3 is 2.43 bits per heavy atom. The zero-order chi connectivity index (χ0) is 27.0. The van der Waals surface area contributed by atoms with E-state index in [1.54, 1.807) is 6.07 Å². The van der Waals surface area contributed by atoms with Crippen LogP contribution in [0.25, 0.3) is 10.9 Å². The van der Waals surface area contributed by atoms with Crippen molar-refractivity contribution in [2.75, 3.05) is 37.6 Å². The molecule has 0 aliphatic heterocycles. The minimum absolute atomic E-state index is 0.107. The van der Waals surface area contributed by atoms with E-state index in [0.717, 1.165) is 38.0 Å². The number of carbonyl (C=O) groups is 1. The van der Waals surface area contributed by atoms with Gasteiger partial charge >= 0.3 is 0 Å². The van der Waals surface area contributed by atoms with Crippen molar-refractivity contribution >= 4 is 32.5 Å². The number of aromatic amines is 1. The third-order valence-corrected chi connectivity index (χ3v) is 8.42. The first-order chi connectivity index (χ1) is 17.7. The Labute approximate surface area is 219 Å². The van der Waals surface area contributed by atoms with Crippen molar-refractivity contribution < 1.29 is 13.2 Å². The summed E-state index contributed by atoms with van der Waals surface area (Å²) < 4.78 is 27.9. The van der Waals surface area contributed by atoms with Crippen LogP contribution in [0.15, 0.2) is 58.2 Å². The number of aromatic nitrogens is 1. The zero-order valence-corrected chi connectivity index (χ0v) is 23.0. The van der Waals surface area contributed by atoms with Crippen LogP contribution in [0.2, 0.25) is 0 Å². The number of carbonyl (C=O) groups excluding carboxylic acids is 1. The highest BCUT2D eigenvalue weighted by Crippen LogP contribution is 2.23. The molecular formula is C28H38N4O4S. The Morgan fingerprint density at radius 2 is 1.76 bits per heavy atom. The largest absolute Gasteiger partial charge is 0.372 e. The number of nitrogens with zero attached hydrogens (tertiary/aromatic N) is 2. The van der Waals surface area contributed by atoms with Gasteiger partial charge in [-0.25, -0.2) is 8.42 Å². The normalized spacial score (nSPS) is 11.7. The van der Waals surface area contributed by atoms with E-state index in [9.17, 15) is 18.0 Å². The highest BCUT2D eigenvalue weighted by Gasteiger charge is 2.24. The first kappa shape index (κ1) is 28.4. The van der Waals surface area contributed by atoms with Gasteiger partial charge in [0.25, 0.3) is 5.91 Å². The van der Waals surface area contributed by atoms with Gasteiger partial charge < -0.3 is 15.2 Å². The average molecular weight is 527 g/mol. The minimum atomic E-state index is -3.73. The van der Waals surface area contributed by atoms with Gasteiger partial charge in [0, 0.05) is 55.4 Å². The quantitative estimate of drug-likeness (QED) is 0.324. The summed E-state index contributed by atoms with van der Waals surface area (Å²) in [6.07, 6.45) is 2.37. The van der Waals surface area contributed by atoms with Gasteiger partial charge in [-0.3, -0.25) is 9.59 Å². The van der Waals surface area contributed by atoms with Gasteiger partial charge in [0.05, 0.1) is 10.5 Å². The second kappa shape index (κ2) is 12.9. The van der Waals surface area contributed by atoms with Gasteiger partial charge in [0.15, 0.2) is 0 Å². The second-order valence-corrected chi connectivity index (χ2v) is 11.1. The summed E-state index contributed by atoms with van der Waals surface area (Å²) >= 11 is 0. The maximum atomic E-state index is 13.3. The van der Waals surface area contributed by atoms with Crippen molar-refractivity contribution in [3.63, 3.8) is 0 Å². The molecule has 3 rings (SSSR count). The third kappa shape index (κ3) is 6.99. The first-order valence-corrected chi connectivity index (χ1v) is 14.4. The van der Waals surface area contributed by atoms with Crippen LogP contribution in [-0.4, -0.2) is 56.3 Å². The lowest BCUT2D eigenvalue weighted by molar-refractivity contribution is 0.0955. The molecule has 0 aliphatic rings. The molecule has 0 saturated carbocycles. The minimum Gasteiger partial charge on any atom is -0.372 e. The van der Waals surface area contributed by atoms with Crippen LogP contribution in [0.5, 0.6) is 0 Å². The Morgan fingerprint density at radius 1 is 0.973 bits per heavy atom. The van der Waals surface area contributed by atoms with Crippen molar-refractivity contribution in [1.29, 1.82) is 0 Å². The molecule has 9 heteroatoms. The molecule has 0 saturated heterocycles. The van der Waals surface area contributed by atoms with Crippen LogP contribution < -0.4 is 15.8 Å². The lowest BCUT2D eigenvalue weighted by atomic mass is 10.1. The molecule has 1 heterocycles. The van der Waals surface area contributed by atoms with Crippen LogP contribution in [-0.2, 0) is 10.0 Å². The molecule has 8 nitrogen and oxygen atoms in total. The molecule has 0 atom stereocenters. The Bertz CT molecular complexity index is 1380. The van der Waals surface area contributed by atoms with Gasteiger partial charge in [-0.2, -0.15) is 4.31 Å². The monoisotopic (exact) mass is 526 g/mol.